The van der Waals surface area contributed by atoms with Crippen LogP contribution in [-0.2, 0) is 4.74 Å². The fraction of sp³-hybridized carbons (Fsp3) is 0.389. The maximum absolute atomic E-state index is 9.38. The summed E-state index contributed by atoms with van der Waals surface area (Å²) in [5, 5.41) is 20.3. The lowest BCUT2D eigenvalue weighted by atomic mass is 10.0. The van der Waals surface area contributed by atoms with Crippen LogP contribution < -0.4 is 16.0 Å². The van der Waals surface area contributed by atoms with Gasteiger partial charge in [0.15, 0.2) is 5.11 Å². The number of aryl methyl sites for hydroxylation is 2. The van der Waals surface area contributed by atoms with Gasteiger partial charge in [-0.1, -0.05) is 12.1 Å². The van der Waals surface area contributed by atoms with E-state index in [9.17, 15) is 5.26 Å². The molecule has 1 aromatic carbocycles. The highest BCUT2D eigenvalue weighted by atomic mass is 32.1. The Bertz CT molecular complexity index is 800. The number of nitriles is 1. The van der Waals surface area contributed by atoms with Crippen LogP contribution in [0, 0.1) is 25.2 Å². The third-order valence-corrected chi connectivity index (χ3v) is 4.22. The first-order chi connectivity index (χ1) is 12.1. The molecular weight excluding hydrogens is 334 g/mol. The topological polar surface area (TPSA) is 82.0 Å². The maximum Gasteiger partial charge on any atom is 0.166 e. The molecule has 0 fully saturated rings. The second-order valence-electron chi connectivity index (χ2n) is 5.68. The van der Waals surface area contributed by atoms with E-state index in [1.807, 2.05) is 19.1 Å². The van der Waals surface area contributed by atoms with E-state index in [1.54, 1.807) is 7.11 Å². The molecule has 0 spiro atoms. The van der Waals surface area contributed by atoms with E-state index >= 15 is 0 Å². The van der Waals surface area contributed by atoms with Crippen LogP contribution in [-0.4, -0.2) is 43.4 Å². The molecule has 2 rings (SSSR count). The van der Waals surface area contributed by atoms with Crippen molar-refractivity contribution in [3.63, 3.8) is 0 Å². The number of benzene rings is 1. The van der Waals surface area contributed by atoms with Crippen molar-refractivity contribution in [3.8, 4) is 6.07 Å². The Balaban J connectivity index is 1.99. The van der Waals surface area contributed by atoms with Crippen LogP contribution in [0.1, 0.15) is 16.7 Å². The highest BCUT2D eigenvalue weighted by molar-refractivity contribution is 7.80. The van der Waals surface area contributed by atoms with Crippen molar-refractivity contribution in [2.24, 2.45) is 0 Å². The number of hydrogen-bond acceptors (Lipinski definition) is 5. The van der Waals surface area contributed by atoms with E-state index in [1.165, 1.54) is 5.56 Å². The molecule has 0 saturated carbocycles. The third kappa shape index (κ3) is 5.02. The zero-order valence-electron chi connectivity index (χ0n) is 14.8. The van der Waals surface area contributed by atoms with Crippen LogP contribution in [0.2, 0.25) is 0 Å². The number of anilines is 1. The normalized spacial score (nSPS) is 10.3. The highest BCUT2D eigenvalue weighted by Crippen LogP contribution is 2.24. The first-order valence-corrected chi connectivity index (χ1v) is 8.53. The van der Waals surface area contributed by atoms with Gasteiger partial charge < -0.3 is 20.7 Å². The average Bonchev–Trinajstić information content (AvgIpc) is 2.62. The van der Waals surface area contributed by atoms with Gasteiger partial charge in [-0.05, 0) is 43.3 Å². The average molecular weight is 357 g/mol. The predicted octanol–water partition coefficient (Wildman–Crippen LogP) is 2.25. The van der Waals surface area contributed by atoms with E-state index in [0.717, 1.165) is 16.5 Å². The summed E-state index contributed by atoms with van der Waals surface area (Å²) in [7, 11) is 1.65. The lowest BCUT2D eigenvalue weighted by Crippen LogP contribution is -2.39. The zero-order valence-corrected chi connectivity index (χ0v) is 15.6. The molecule has 0 aliphatic carbocycles. The van der Waals surface area contributed by atoms with Crippen molar-refractivity contribution in [3.05, 3.63) is 34.9 Å². The van der Waals surface area contributed by atoms with Crippen molar-refractivity contribution >= 4 is 34.1 Å². The molecule has 0 bridgehead atoms. The molecule has 0 saturated heterocycles. The highest BCUT2D eigenvalue weighted by Gasteiger charge is 2.09. The predicted molar refractivity (Wildman–Crippen MR) is 105 cm³/mol. The molecule has 0 aliphatic rings. The smallest absolute Gasteiger partial charge is 0.166 e. The summed E-state index contributed by atoms with van der Waals surface area (Å²) in [6.45, 7) is 6.60. The Morgan fingerprint density at radius 1 is 1.24 bits per heavy atom. The van der Waals surface area contributed by atoms with Crippen molar-refractivity contribution in [2.75, 3.05) is 38.7 Å². The fourth-order valence-electron chi connectivity index (χ4n) is 2.39. The Morgan fingerprint density at radius 3 is 2.72 bits per heavy atom. The number of nitrogens with zero attached hydrogens (tertiary/aromatic N) is 2. The standard InChI is InChI=1S/C18H23N5OS/c1-12-4-5-14-10-15(11-19)17(23-16(14)13(12)2)20-6-7-21-18(25)22-8-9-24-3/h4-5,10H,6-9H2,1-3H3,(H,20,23)(H2,21,22,25). The summed E-state index contributed by atoms with van der Waals surface area (Å²) in [6, 6.07) is 8.14. The summed E-state index contributed by atoms with van der Waals surface area (Å²) in [4.78, 5) is 4.66. The summed E-state index contributed by atoms with van der Waals surface area (Å²) in [6.07, 6.45) is 0. The minimum Gasteiger partial charge on any atom is -0.383 e. The molecule has 132 valence electrons. The summed E-state index contributed by atoms with van der Waals surface area (Å²) in [5.41, 5.74) is 3.78. The molecule has 0 aliphatic heterocycles. The quantitative estimate of drug-likeness (QED) is 0.518. The SMILES string of the molecule is COCCNC(=S)NCCNc1nc2c(C)c(C)ccc2cc1C#N. The lowest BCUT2D eigenvalue weighted by molar-refractivity contribution is 0.204. The third-order valence-electron chi connectivity index (χ3n) is 3.93. The molecule has 0 amide bonds. The van der Waals surface area contributed by atoms with Gasteiger partial charge in [-0.15, -0.1) is 0 Å². The number of rotatable bonds is 7. The van der Waals surface area contributed by atoms with Gasteiger partial charge in [-0.2, -0.15) is 5.26 Å². The summed E-state index contributed by atoms with van der Waals surface area (Å²) in [5.74, 6) is 0.601. The van der Waals surface area contributed by atoms with Crippen LogP contribution in [0.15, 0.2) is 18.2 Å². The molecule has 7 heteroatoms. The molecule has 6 nitrogen and oxygen atoms in total. The van der Waals surface area contributed by atoms with Gasteiger partial charge >= 0.3 is 0 Å². The van der Waals surface area contributed by atoms with Gasteiger partial charge in [0.05, 0.1) is 17.7 Å². The Kier molecular flexibility index (Phi) is 6.92. The van der Waals surface area contributed by atoms with Crippen LogP contribution in [0.3, 0.4) is 0 Å². The monoisotopic (exact) mass is 357 g/mol. The Morgan fingerprint density at radius 2 is 2.00 bits per heavy atom. The van der Waals surface area contributed by atoms with Gasteiger partial charge in [0, 0.05) is 32.1 Å². The second kappa shape index (κ2) is 9.16. The number of pyridine rings is 1. The molecule has 0 unspecified atom stereocenters. The molecule has 0 atom stereocenters. The molecule has 0 radical (unpaired) electrons. The van der Waals surface area contributed by atoms with Gasteiger partial charge in [-0.25, -0.2) is 4.98 Å². The van der Waals surface area contributed by atoms with Crippen molar-refractivity contribution in [1.82, 2.24) is 15.6 Å². The maximum atomic E-state index is 9.38. The van der Waals surface area contributed by atoms with Crippen molar-refractivity contribution < 1.29 is 4.74 Å². The lowest BCUT2D eigenvalue weighted by Gasteiger charge is -2.13. The Hall–Kier alpha value is -2.43. The van der Waals surface area contributed by atoms with Crippen LogP contribution >= 0.6 is 12.2 Å². The van der Waals surface area contributed by atoms with Crippen LogP contribution in [0.25, 0.3) is 10.9 Å². The number of aromatic nitrogens is 1. The molecule has 1 aromatic heterocycles. The van der Waals surface area contributed by atoms with Crippen LogP contribution in [0.5, 0.6) is 0 Å². The number of ether oxygens (including phenoxy) is 1. The number of methoxy groups -OCH3 is 1. The minimum atomic E-state index is 0.538. The number of nitrogens with one attached hydrogen (secondary N) is 3. The minimum absolute atomic E-state index is 0.538. The molecule has 1 heterocycles. The number of thiocarbonyl (C=S) groups is 1. The first kappa shape index (κ1) is 18.9. The van der Waals surface area contributed by atoms with Gasteiger partial charge in [-0.3, -0.25) is 0 Å². The number of fused-ring (bicyclic) bond motifs is 1. The largest absolute Gasteiger partial charge is 0.383 e. The Labute approximate surface area is 153 Å². The van der Waals surface area contributed by atoms with Crippen LogP contribution in [0.4, 0.5) is 5.82 Å². The first-order valence-electron chi connectivity index (χ1n) is 8.12. The summed E-state index contributed by atoms with van der Waals surface area (Å²) >= 11 is 5.17. The van der Waals surface area contributed by atoms with E-state index < -0.39 is 0 Å². The second-order valence-corrected chi connectivity index (χ2v) is 6.09. The van der Waals surface area contributed by atoms with E-state index in [4.69, 9.17) is 17.0 Å². The molecule has 3 N–H and O–H groups in total. The van der Waals surface area contributed by atoms with Gasteiger partial charge in [0.25, 0.3) is 0 Å². The van der Waals surface area contributed by atoms with Gasteiger partial charge in [0.1, 0.15) is 11.9 Å². The molecule has 2 aromatic rings. The molecular formula is C18H23N5OS. The molecule has 25 heavy (non-hydrogen) atoms. The van der Waals surface area contributed by atoms with Crippen molar-refractivity contribution in [2.45, 2.75) is 13.8 Å². The van der Waals surface area contributed by atoms with E-state index in [0.29, 0.717) is 42.7 Å². The summed E-state index contributed by atoms with van der Waals surface area (Å²) < 4.78 is 4.95. The van der Waals surface area contributed by atoms with E-state index in [-0.39, 0.29) is 0 Å². The van der Waals surface area contributed by atoms with Crippen molar-refractivity contribution in [1.29, 1.82) is 5.26 Å². The van der Waals surface area contributed by atoms with Gasteiger partial charge in [0.2, 0.25) is 0 Å². The zero-order chi connectivity index (χ0) is 18.2. The number of hydrogen-bond donors (Lipinski definition) is 3. The van der Waals surface area contributed by atoms with E-state index in [2.05, 4.69) is 40.0 Å². The fourth-order valence-corrected chi connectivity index (χ4v) is 2.59.